The fourth-order valence-electron chi connectivity index (χ4n) is 5.29. The average Bonchev–Trinajstić information content (AvgIpc) is 2.14. The number of hydrogen-bond acceptors (Lipinski definition) is 0. The van der Waals surface area contributed by atoms with Crippen LogP contribution < -0.4 is 0 Å². The Morgan fingerprint density at radius 1 is 0.500 bits per heavy atom. The summed E-state index contributed by atoms with van der Waals surface area (Å²) in [6, 6.07) is 0. The first-order valence-corrected chi connectivity index (χ1v) is 4.37. The van der Waals surface area contributed by atoms with Gasteiger partial charge in [0.2, 0.25) is 11.3 Å². The van der Waals surface area contributed by atoms with Gasteiger partial charge in [0.25, 0.3) is 0 Å². The zero-order valence-electron chi connectivity index (χ0n) is 6.42. The van der Waals surface area contributed by atoms with E-state index in [2.05, 4.69) is 0 Å². The molecule has 14 heavy (non-hydrogen) atoms. The van der Waals surface area contributed by atoms with Crippen molar-refractivity contribution >= 4 is 0 Å². The summed E-state index contributed by atoms with van der Waals surface area (Å²) < 4.78 is 80.8. The molecule has 6 heteroatoms. The Morgan fingerprint density at radius 3 is 0.929 bits per heavy atom. The van der Waals surface area contributed by atoms with E-state index in [1.165, 1.54) is 0 Å². The first kappa shape index (κ1) is 6.95. The van der Waals surface area contributed by atoms with Crippen LogP contribution in [0.5, 0.6) is 0 Å². The monoisotopic (exact) mass is 212 g/mol. The van der Waals surface area contributed by atoms with Gasteiger partial charge in [-0.05, 0) is 0 Å². The van der Waals surface area contributed by atoms with Crippen molar-refractivity contribution in [2.24, 2.45) is 11.8 Å². The second kappa shape index (κ2) is 0.976. The molecule has 0 amide bonds. The van der Waals surface area contributed by atoms with Gasteiger partial charge in [0.15, 0.2) is 22.7 Å². The van der Waals surface area contributed by atoms with Crippen LogP contribution >= 0.6 is 0 Å². The smallest absolute Gasteiger partial charge is 0.226 e. The molecule has 0 aliphatic heterocycles. The van der Waals surface area contributed by atoms with Crippen LogP contribution in [0.4, 0.5) is 26.3 Å². The molecule has 0 nitrogen and oxygen atoms in total. The minimum absolute atomic E-state index is 1.59. The van der Waals surface area contributed by atoms with E-state index in [-0.39, 0.29) is 0 Å². The lowest BCUT2D eigenvalue weighted by molar-refractivity contribution is -0.749. The highest BCUT2D eigenvalue weighted by Gasteiger charge is 3.39. The van der Waals surface area contributed by atoms with Crippen LogP contribution in [-0.2, 0) is 0 Å². The van der Waals surface area contributed by atoms with Crippen molar-refractivity contribution in [2.45, 2.75) is 34.0 Å². The summed E-state index contributed by atoms with van der Waals surface area (Å²) in [6.45, 7) is 0. The van der Waals surface area contributed by atoms with Crippen molar-refractivity contribution < 1.29 is 26.3 Å². The molecule has 0 bridgehead atoms. The first-order valence-electron chi connectivity index (χ1n) is 4.37. The molecule has 6 aliphatic rings. The SMILES string of the molecule is FC12C3C4C1(F)C1(F)C4(F)C3(F)C21F. The van der Waals surface area contributed by atoms with Crippen LogP contribution in [0, 0.1) is 11.8 Å². The predicted molar refractivity (Wildman–Crippen MR) is 30.0 cm³/mol. The maximum absolute atomic E-state index is 13.5. The van der Waals surface area contributed by atoms with Crippen molar-refractivity contribution in [3.63, 3.8) is 0 Å². The topological polar surface area (TPSA) is 0 Å². The lowest BCUT2D eigenvalue weighted by Crippen LogP contribution is -3.37. The Kier molecular flexibility index (Phi) is 0.485. The van der Waals surface area contributed by atoms with E-state index >= 15 is 0 Å². The molecule has 0 aromatic heterocycles. The van der Waals surface area contributed by atoms with Crippen LogP contribution in [0.25, 0.3) is 0 Å². The zero-order valence-corrected chi connectivity index (χ0v) is 6.42. The van der Waals surface area contributed by atoms with Crippen LogP contribution in [-0.4, -0.2) is 34.0 Å². The molecule has 0 spiro atoms. The average molecular weight is 212 g/mol. The molecular weight excluding hydrogens is 210 g/mol. The molecule has 4 atom stereocenters. The minimum Gasteiger partial charge on any atom is -0.236 e. The molecule has 0 heterocycles. The van der Waals surface area contributed by atoms with E-state index < -0.39 is 45.8 Å². The second-order valence-electron chi connectivity index (χ2n) is 5.12. The standard InChI is InChI=1S/C8H2F6/c9-3-1-2-5(3,11)8(14)6(2,12)4(1,10)7(3,8)13/h1-2H. The van der Waals surface area contributed by atoms with Crippen molar-refractivity contribution in [1.29, 1.82) is 0 Å². The Bertz CT molecular complexity index is 389. The van der Waals surface area contributed by atoms with Crippen molar-refractivity contribution in [1.82, 2.24) is 0 Å². The van der Waals surface area contributed by atoms with Gasteiger partial charge in [0.05, 0.1) is 11.8 Å². The van der Waals surface area contributed by atoms with E-state index in [4.69, 9.17) is 0 Å². The van der Waals surface area contributed by atoms with Crippen LogP contribution in [0.3, 0.4) is 0 Å². The highest BCUT2D eigenvalue weighted by molar-refractivity contribution is 5.84. The molecule has 0 aromatic rings. The van der Waals surface area contributed by atoms with Crippen molar-refractivity contribution in [3.8, 4) is 0 Å². The van der Waals surface area contributed by atoms with Gasteiger partial charge in [-0.25, -0.2) is 26.3 Å². The molecular formula is C8H2F6. The van der Waals surface area contributed by atoms with Gasteiger partial charge in [0.1, 0.15) is 0 Å². The van der Waals surface area contributed by atoms with Crippen molar-refractivity contribution in [2.75, 3.05) is 0 Å². The molecule has 0 N–H and O–H groups in total. The number of hydrogen-bond donors (Lipinski definition) is 0. The second-order valence-corrected chi connectivity index (χ2v) is 5.12. The summed E-state index contributed by atoms with van der Waals surface area (Å²) in [7, 11) is 0. The minimum atomic E-state index is -3.55. The summed E-state index contributed by atoms with van der Waals surface area (Å²) >= 11 is 0. The highest BCUT2D eigenvalue weighted by atomic mass is 19.2. The van der Waals surface area contributed by atoms with Gasteiger partial charge in [-0.15, -0.1) is 0 Å². The largest absolute Gasteiger partial charge is 0.236 e. The van der Waals surface area contributed by atoms with Gasteiger partial charge >= 0.3 is 0 Å². The fraction of sp³-hybridized carbons (Fsp3) is 1.00. The van der Waals surface area contributed by atoms with Crippen molar-refractivity contribution in [3.05, 3.63) is 0 Å². The Labute approximate surface area is 73.3 Å². The summed E-state index contributed by atoms with van der Waals surface area (Å²) in [5.41, 5.74) is -19.4. The molecule has 76 valence electrons. The molecule has 6 rings (SSSR count). The fourth-order valence-corrected chi connectivity index (χ4v) is 5.29. The predicted octanol–water partition coefficient (Wildman–Crippen LogP) is 1.54. The van der Waals surface area contributed by atoms with Crippen LogP contribution in [0.2, 0.25) is 0 Å². The van der Waals surface area contributed by atoms with Gasteiger partial charge in [-0.1, -0.05) is 0 Å². The van der Waals surface area contributed by atoms with Crippen LogP contribution in [0.1, 0.15) is 0 Å². The van der Waals surface area contributed by atoms with E-state index in [0.717, 1.165) is 0 Å². The van der Waals surface area contributed by atoms with E-state index in [9.17, 15) is 26.3 Å². The highest BCUT2D eigenvalue weighted by Crippen LogP contribution is 3.13. The van der Waals surface area contributed by atoms with Gasteiger partial charge in [-0.2, -0.15) is 0 Å². The number of rotatable bonds is 0. The summed E-state index contributed by atoms with van der Waals surface area (Å²) in [5, 5.41) is 0. The first-order chi connectivity index (χ1) is 6.24. The van der Waals surface area contributed by atoms with Gasteiger partial charge in [0, 0.05) is 0 Å². The van der Waals surface area contributed by atoms with Gasteiger partial charge < -0.3 is 0 Å². The zero-order chi connectivity index (χ0) is 10.2. The third-order valence-corrected chi connectivity index (χ3v) is 5.59. The lowest BCUT2D eigenvalue weighted by atomic mass is 8.94. The van der Waals surface area contributed by atoms with E-state index in [1.54, 1.807) is 0 Å². The number of alkyl halides is 6. The normalized spacial score (nSPS) is 99.0. The maximum atomic E-state index is 13.5. The van der Waals surface area contributed by atoms with E-state index in [1.807, 2.05) is 0 Å². The van der Waals surface area contributed by atoms with Crippen LogP contribution in [0.15, 0.2) is 0 Å². The third-order valence-electron chi connectivity index (χ3n) is 5.59. The molecule has 6 fully saturated rings. The lowest BCUT2D eigenvalue weighted by Gasteiger charge is -3.10. The quantitative estimate of drug-likeness (QED) is 0.534. The Hall–Kier alpha value is -0.420. The Morgan fingerprint density at radius 2 is 0.714 bits per heavy atom. The summed E-state index contributed by atoms with van der Waals surface area (Å²) in [5.74, 6) is -3.18. The molecule has 6 saturated carbocycles. The van der Waals surface area contributed by atoms with E-state index in [0.29, 0.717) is 0 Å². The van der Waals surface area contributed by atoms with Gasteiger partial charge in [-0.3, -0.25) is 0 Å². The molecule has 0 radical (unpaired) electrons. The molecule has 0 saturated heterocycles. The molecule has 0 aromatic carbocycles. The molecule has 6 aliphatic carbocycles. The third kappa shape index (κ3) is 0.158. The molecule has 4 unspecified atom stereocenters. The number of halogens is 6. The summed E-state index contributed by atoms with van der Waals surface area (Å²) in [4.78, 5) is 0. The Balaban J connectivity index is 1.90. The summed E-state index contributed by atoms with van der Waals surface area (Å²) in [6.07, 6.45) is 0. The maximum Gasteiger partial charge on any atom is 0.226 e.